The van der Waals surface area contributed by atoms with Crippen LogP contribution < -0.4 is 5.32 Å². The predicted octanol–water partition coefficient (Wildman–Crippen LogP) is 2.03. The number of hydrogen-bond donors (Lipinski definition) is 2. The highest BCUT2D eigenvalue weighted by Gasteiger charge is 2.47. The standard InChI is InChI=1S/C16H19F2NO2/c17-13-4-1-9(5-14(13)18)6-15(21)19-16-11-3-2-10(7-11)12(16)8-20/h1,4-5,10-12,16,20H,2-3,6-8H2,(H,19,21). The third-order valence-corrected chi connectivity index (χ3v) is 4.98. The minimum absolute atomic E-state index is 0.0199. The van der Waals surface area contributed by atoms with Crippen molar-refractivity contribution in [2.45, 2.75) is 31.7 Å². The first-order valence-corrected chi connectivity index (χ1v) is 7.42. The lowest BCUT2D eigenvalue weighted by Gasteiger charge is -2.30. The summed E-state index contributed by atoms with van der Waals surface area (Å²) < 4.78 is 26.0. The fourth-order valence-electron chi connectivity index (χ4n) is 3.97. The second-order valence-corrected chi connectivity index (χ2v) is 6.20. The number of amides is 1. The van der Waals surface area contributed by atoms with Crippen molar-refractivity contribution in [1.29, 1.82) is 0 Å². The Morgan fingerprint density at radius 1 is 1.24 bits per heavy atom. The summed E-state index contributed by atoms with van der Waals surface area (Å²) in [7, 11) is 0. The van der Waals surface area contributed by atoms with Crippen molar-refractivity contribution in [2.24, 2.45) is 17.8 Å². The molecule has 0 radical (unpaired) electrons. The van der Waals surface area contributed by atoms with E-state index in [2.05, 4.69) is 5.32 Å². The zero-order chi connectivity index (χ0) is 15.0. The van der Waals surface area contributed by atoms with E-state index >= 15 is 0 Å². The molecule has 0 aliphatic heterocycles. The summed E-state index contributed by atoms with van der Waals surface area (Å²) >= 11 is 0. The monoisotopic (exact) mass is 295 g/mol. The van der Waals surface area contributed by atoms with Crippen LogP contribution in [0.25, 0.3) is 0 Å². The quantitative estimate of drug-likeness (QED) is 0.893. The van der Waals surface area contributed by atoms with Crippen molar-refractivity contribution in [3.8, 4) is 0 Å². The van der Waals surface area contributed by atoms with Crippen molar-refractivity contribution in [1.82, 2.24) is 5.32 Å². The molecule has 0 heterocycles. The molecule has 0 spiro atoms. The molecule has 2 aliphatic carbocycles. The van der Waals surface area contributed by atoms with Gasteiger partial charge in [0, 0.05) is 18.6 Å². The lowest BCUT2D eigenvalue weighted by Crippen LogP contribution is -2.45. The van der Waals surface area contributed by atoms with Crippen LogP contribution in [0.3, 0.4) is 0 Å². The van der Waals surface area contributed by atoms with E-state index < -0.39 is 11.6 Å². The number of fused-ring (bicyclic) bond motifs is 2. The maximum absolute atomic E-state index is 13.1. The minimum atomic E-state index is -0.937. The summed E-state index contributed by atoms with van der Waals surface area (Å²) in [4.78, 5) is 12.1. The lowest BCUT2D eigenvalue weighted by molar-refractivity contribution is -0.122. The lowest BCUT2D eigenvalue weighted by atomic mass is 9.85. The first-order valence-electron chi connectivity index (χ1n) is 7.42. The molecule has 0 saturated heterocycles. The molecule has 114 valence electrons. The molecule has 3 nitrogen and oxygen atoms in total. The van der Waals surface area contributed by atoms with E-state index in [-0.39, 0.29) is 30.9 Å². The molecular weight excluding hydrogens is 276 g/mol. The van der Waals surface area contributed by atoms with Gasteiger partial charge in [-0.1, -0.05) is 6.07 Å². The Bertz CT molecular complexity index is 549. The summed E-state index contributed by atoms with van der Waals surface area (Å²) in [6.45, 7) is 0.0945. The Kier molecular flexibility index (Phi) is 3.93. The molecular formula is C16H19F2NO2. The van der Waals surface area contributed by atoms with Gasteiger partial charge in [0.25, 0.3) is 0 Å². The molecule has 0 aromatic heterocycles. The molecule has 2 saturated carbocycles. The number of carbonyl (C=O) groups is 1. The van der Waals surface area contributed by atoms with Crippen LogP contribution in [-0.2, 0) is 11.2 Å². The number of benzene rings is 1. The van der Waals surface area contributed by atoms with E-state index in [1.54, 1.807) is 0 Å². The molecule has 1 aromatic rings. The van der Waals surface area contributed by atoms with E-state index in [0.29, 0.717) is 17.4 Å². The molecule has 2 aliphatic rings. The van der Waals surface area contributed by atoms with Gasteiger partial charge >= 0.3 is 0 Å². The highest BCUT2D eigenvalue weighted by Crippen LogP contribution is 2.48. The molecule has 3 rings (SSSR count). The first kappa shape index (κ1) is 14.4. The zero-order valence-electron chi connectivity index (χ0n) is 11.7. The maximum atomic E-state index is 13.1. The normalized spacial score (nSPS) is 30.6. The highest BCUT2D eigenvalue weighted by molar-refractivity contribution is 5.79. The number of nitrogens with one attached hydrogen (secondary N) is 1. The Balaban J connectivity index is 1.62. The van der Waals surface area contributed by atoms with Crippen molar-refractivity contribution in [2.75, 3.05) is 6.61 Å². The third-order valence-electron chi connectivity index (χ3n) is 4.98. The van der Waals surface area contributed by atoms with Gasteiger partial charge in [-0.05, 0) is 48.8 Å². The van der Waals surface area contributed by atoms with Gasteiger partial charge in [-0.15, -0.1) is 0 Å². The van der Waals surface area contributed by atoms with Gasteiger partial charge in [-0.25, -0.2) is 8.78 Å². The van der Waals surface area contributed by atoms with Crippen LogP contribution in [0.2, 0.25) is 0 Å². The number of carbonyl (C=O) groups excluding carboxylic acids is 1. The van der Waals surface area contributed by atoms with E-state index in [0.717, 1.165) is 31.4 Å². The van der Waals surface area contributed by atoms with Gasteiger partial charge in [0.1, 0.15) is 0 Å². The molecule has 4 atom stereocenters. The van der Waals surface area contributed by atoms with Crippen LogP contribution in [-0.4, -0.2) is 23.7 Å². The second-order valence-electron chi connectivity index (χ2n) is 6.20. The van der Waals surface area contributed by atoms with Crippen LogP contribution in [0.4, 0.5) is 8.78 Å². The van der Waals surface area contributed by atoms with Gasteiger partial charge in [0.2, 0.25) is 5.91 Å². The summed E-state index contributed by atoms with van der Waals surface area (Å²) in [5.41, 5.74) is 0.454. The SMILES string of the molecule is O=C(Cc1ccc(F)c(F)c1)NC1C2CCC(C2)C1CO. The van der Waals surface area contributed by atoms with Crippen LogP contribution in [0.1, 0.15) is 24.8 Å². The second kappa shape index (κ2) is 5.72. The summed E-state index contributed by atoms with van der Waals surface area (Å²) in [6.07, 6.45) is 3.33. The summed E-state index contributed by atoms with van der Waals surface area (Å²) in [6, 6.07) is 3.53. The highest BCUT2D eigenvalue weighted by atomic mass is 19.2. The molecule has 5 heteroatoms. The molecule has 2 fully saturated rings. The Morgan fingerprint density at radius 3 is 2.71 bits per heavy atom. The zero-order valence-corrected chi connectivity index (χ0v) is 11.7. The molecule has 1 aromatic carbocycles. The molecule has 4 unspecified atom stereocenters. The van der Waals surface area contributed by atoms with Crippen LogP contribution in [0, 0.1) is 29.4 Å². The van der Waals surface area contributed by atoms with Gasteiger partial charge in [-0.2, -0.15) is 0 Å². The van der Waals surface area contributed by atoms with E-state index in [1.165, 1.54) is 6.07 Å². The van der Waals surface area contributed by atoms with Gasteiger partial charge < -0.3 is 10.4 Å². The van der Waals surface area contributed by atoms with Crippen LogP contribution >= 0.6 is 0 Å². The maximum Gasteiger partial charge on any atom is 0.224 e. The van der Waals surface area contributed by atoms with Gasteiger partial charge in [0.05, 0.1) is 6.42 Å². The largest absolute Gasteiger partial charge is 0.396 e. The summed E-state index contributed by atoms with van der Waals surface area (Å²) in [5, 5.41) is 12.5. The summed E-state index contributed by atoms with van der Waals surface area (Å²) in [5.74, 6) is -0.953. The molecule has 21 heavy (non-hydrogen) atoms. The average molecular weight is 295 g/mol. The van der Waals surface area contributed by atoms with Crippen molar-refractivity contribution >= 4 is 5.91 Å². The van der Waals surface area contributed by atoms with Crippen LogP contribution in [0.15, 0.2) is 18.2 Å². The van der Waals surface area contributed by atoms with Crippen molar-refractivity contribution in [3.05, 3.63) is 35.4 Å². The number of hydrogen-bond acceptors (Lipinski definition) is 2. The average Bonchev–Trinajstić information content (AvgIpc) is 3.03. The van der Waals surface area contributed by atoms with Gasteiger partial charge in [0.15, 0.2) is 11.6 Å². The number of halogens is 2. The van der Waals surface area contributed by atoms with E-state index in [1.807, 2.05) is 0 Å². The van der Waals surface area contributed by atoms with Gasteiger partial charge in [-0.3, -0.25) is 4.79 Å². The van der Waals surface area contributed by atoms with E-state index in [9.17, 15) is 18.7 Å². The van der Waals surface area contributed by atoms with Crippen molar-refractivity contribution < 1.29 is 18.7 Å². The number of aliphatic hydroxyl groups is 1. The topological polar surface area (TPSA) is 49.3 Å². The van der Waals surface area contributed by atoms with Crippen LogP contribution in [0.5, 0.6) is 0 Å². The first-order chi connectivity index (χ1) is 10.1. The number of rotatable bonds is 4. The Hall–Kier alpha value is -1.49. The minimum Gasteiger partial charge on any atom is -0.396 e. The third kappa shape index (κ3) is 2.79. The Labute approximate surface area is 122 Å². The fourth-order valence-corrected chi connectivity index (χ4v) is 3.97. The predicted molar refractivity (Wildman–Crippen MR) is 73.4 cm³/mol. The Morgan fingerprint density at radius 2 is 2.00 bits per heavy atom. The number of aliphatic hydroxyl groups excluding tert-OH is 1. The molecule has 2 bridgehead atoms. The fraction of sp³-hybridized carbons (Fsp3) is 0.562. The van der Waals surface area contributed by atoms with E-state index in [4.69, 9.17) is 0 Å². The smallest absolute Gasteiger partial charge is 0.224 e. The van der Waals surface area contributed by atoms with Crippen molar-refractivity contribution in [3.63, 3.8) is 0 Å². The molecule has 1 amide bonds. The molecule has 2 N–H and O–H groups in total.